The molecule has 5 aromatic carbocycles. The minimum atomic E-state index is -4.95. The quantitative estimate of drug-likeness (QED) is 0.0193. The van der Waals surface area contributed by atoms with Gasteiger partial charge in [0.05, 0.1) is 62.4 Å². The van der Waals surface area contributed by atoms with Crippen molar-refractivity contribution in [1.29, 1.82) is 5.26 Å². The van der Waals surface area contributed by atoms with Gasteiger partial charge in [0.25, 0.3) is 40.5 Å². The fourth-order valence-corrected chi connectivity index (χ4v) is 12.1. The Morgan fingerprint density at radius 2 is 1.35 bits per heavy atom. The number of aromatic hydroxyl groups is 1. The number of pyridine rings is 1. The summed E-state index contributed by atoms with van der Waals surface area (Å²) in [6, 6.07) is 18.4. The molecule has 8 aromatic rings. The second-order valence-electron chi connectivity index (χ2n) is 17.2. The molecule has 0 radical (unpaired) electrons. The van der Waals surface area contributed by atoms with Gasteiger partial charge >= 0.3 is 0 Å². The second kappa shape index (κ2) is 22.7. The average Bonchev–Trinajstić information content (AvgIpc) is 4.14. The summed E-state index contributed by atoms with van der Waals surface area (Å²) >= 11 is 1.93. The first kappa shape index (κ1) is 57.1. The molecule has 25 nitrogen and oxygen atoms in total. The normalized spacial score (nSPS) is 12.9. The van der Waals surface area contributed by atoms with Crippen LogP contribution < -0.4 is 9.47 Å². The molecule has 0 aliphatic carbocycles. The van der Waals surface area contributed by atoms with Crippen LogP contribution in [0.1, 0.15) is 48.4 Å². The average molecular weight is 1180 g/mol. The lowest BCUT2D eigenvalue weighted by molar-refractivity contribution is 0.317. The number of thiazole rings is 1. The van der Waals surface area contributed by atoms with E-state index in [2.05, 4.69) is 46.7 Å². The molecule has 0 fully saturated rings. The molecular formula is C47H44N10O15S6. The van der Waals surface area contributed by atoms with Crippen LogP contribution in [0.3, 0.4) is 0 Å². The van der Waals surface area contributed by atoms with E-state index < -0.39 is 61.8 Å². The molecule has 3 aromatic heterocycles. The molecule has 408 valence electrons. The third kappa shape index (κ3) is 12.9. The number of nitriles is 1. The molecule has 0 aliphatic heterocycles. The Bertz CT molecular complexity index is 4350. The first-order valence-electron chi connectivity index (χ1n) is 23.0. The highest BCUT2D eigenvalue weighted by molar-refractivity contribution is 7.99. The molecule has 5 N–H and O–H groups in total. The van der Waals surface area contributed by atoms with Crippen LogP contribution in [0.25, 0.3) is 37.7 Å². The van der Waals surface area contributed by atoms with E-state index in [1.54, 1.807) is 64.1 Å². The van der Waals surface area contributed by atoms with Gasteiger partial charge < -0.3 is 14.6 Å². The van der Waals surface area contributed by atoms with Gasteiger partial charge in [-0.2, -0.15) is 44.0 Å². The van der Waals surface area contributed by atoms with Crippen molar-refractivity contribution >= 4 is 135 Å². The number of aryl methyl sites for hydroxylation is 2. The maximum atomic E-state index is 12.7. The van der Waals surface area contributed by atoms with Crippen molar-refractivity contribution in [3.05, 3.63) is 89.0 Å². The molecule has 0 amide bonds. The third-order valence-corrected chi connectivity index (χ3v) is 16.9. The van der Waals surface area contributed by atoms with Crippen molar-refractivity contribution in [3.8, 4) is 23.4 Å². The van der Waals surface area contributed by atoms with Crippen LogP contribution in [-0.2, 0) is 40.5 Å². The molecule has 0 spiro atoms. The summed E-state index contributed by atoms with van der Waals surface area (Å²) < 4.78 is 148. The summed E-state index contributed by atoms with van der Waals surface area (Å²) in [6.45, 7) is 6.56. The smallest absolute Gasteiger partial charge is 0.296 e. The van der Waals surface area contributed by atoms with Crippen molar-refractivity contribution in [3.63, 3.8) is 0 Å². The number of hydrogen-bond acceptors (Lipinski definition) is 22. The van der Waals surface area contributed by atoms with E-state index in [0.717, 1.165) is 41.3 Å². The summed E-state index contributed by atoms with van der Waals surface area (Å²) in [5, 5.41) is 48.1. The van der Waals surface area contributed by atoms with Gasteiger partial charge in [-0.1, -0.05) is 30.4 Å². The summed E-state index contributed by atoms with van der Waals surface area (Å²) in [6.07, 6.45) is 0.368. The van der Waals surface area contributed by atoms with Gasteiger partial charge in [0.15, 0.2) is 11.3 Å². The van der Waals surface area contributed by atoms with Crippen LogP contribution in [0.15, 0.2) is 112 Å². The van der Waals surface area contributed by atoms with Crippen LogP contribution in [0.2, 0.25) is 0 Å². The fraction of sp³-hybridized carbons (Fsp3) is 0.255. The highest BCUT2D eigenvalue weighted by Gasteiger charge is 2.26. The Kier molecular flexibility index (Phi) is 16.6. The number of imidazole rings is 1. The largest absolute Gasteiger partial charge is 0.493 e. The summed E-state index contributed by atoms with van der Waals surface area (Å²) in [7, 11) is -18.4. The summed E-state index contributed by atoms with van der Waals surface area (Å²) in [4.78, 5) is 8.06. The molecule has 0 bridgehead atoms. The molecule has 0 unspecified atom stereocenters. The zero-order chi connectivity index (χ0) is 56.5. The lowest BCUT2D eigenvalue weighted by Gasteiger charge is -2.12. The molecule has 0 saturated heterocycles. The topological polar surface area (TPSA) is 384 Å². The van der Waals surface area contributed by atoms with E-state index in [9.17, 15) is 62.3 Å². The van der Waals surface area contributed by atoms with Crippen LogP contribution in [0.4, 0.5) is 33.6 Å². The Balaban J connectivity index is 1.18. The van der Waals surface area contributed by atoms with Gasteiger partial charge in [-0.25, -0.2) is 9.97 Å². The molecule has 0 atom stereocenters. The standard InChI is InChI=1S/C47H44N10O15S6/c1-5-12-71-38-20-28(77(65,66)67)19-30-29(38)21-41(78(68,69)70)43-44(30)74-47(50-43)56-52-34-23-40(73-14-9-16-76(62,63)64)36(18-26(34)3)54-51-33-22-39(72-13-8-15-75(59,60)61)35(17-25(33)2)53-55-42-27(4)31(24-48)45-49-32-10-6-7-11-37(32)57(45)46(42)58/h6-7,10-11,17-23,58H,5,8-9,12-16H2,1-4H3,(H,59,60,61)(H,62,63,64)(H,65,66,67)(H,68,69,70). The van der Waals surface area contributed by atoms with E-state index in [-0.39, 0.29) is 121 Å². The van der Waals surface area contributed by atoms with Crippen molar-refractivity contribution < 1.29 is 66.5 Å². The van der Waals surface area contributed by atoms with E-state index in [0.29, 0.717) is 33.5 Å². The SMILES string of the molecule is CCCOc1cc(S(=O)(=O)O)cc2c1cc(S(=O)(=O)O)c1nc(N=Nc3cc(SCCCS(=O)(=O)O)c(N=Nc4cc(OCCCS(=O)(=O)O)c(N=Nc5c(C)c(C#N)c6nc7ccccc7n6c5O)cc4C)cc3C)sc12. The number of ether oxygens (including phenoxy) is 2. The molecule has 0 saturated carbocycles. The number of para-hydroxylation sites is 2. The Morgan fingerprint density at radius 1 is 0.705 bits per heavy atom. The summed E-state index contributed by atoms with van der Waals surface area (Å²) in [5.74, 6) is -1.42. The number of azo groups is 3. The second-order valence-corrected chi connectivity index (χ2v) is 25.3. The zero-order valence-corrected chi connectivity index (χ0v) is 46.1. The molecule has 3 heterocycles. The van der Waals surface area contributed by atoms with Crippen LogP contribution in [0.5, 0.6) is 17.4 Å². The van der Waals surface area contributed by atoms with Crippen molar-refractivity contribution in [2.75, 3.05) is 30.5 Å². The fourth-order valence-electron chi connectivity index (χ4n) is 7.82. The summed E-state index contributed by atoms with van der Waals surface area (Å²) in [5.41, 5.74) is 3.06. The number of nitrogens with zero attached hydrogens (tertiary/aromatic N) is 10. The molecule has 78 heavy (non-hydrogen) atoms. The highest BCUT2D eigenvalue weighted by Crippen LogP contribution is 2.45. The first-order valence-corrected chi connectivity index (χ1v) is 30.9. The Morgan fingerprint density at radius 3 is 2.03 bits per heavy atom. The van der Waals surface area contributed by atoms with Crippen molar-refractivity contribution in [2.45, 2.75) is 61.6 Å². The molecular weight excluding hydrogens is 1140 g/mol. The number of thioether (sulfide) groups is 1. The van der Waals surface area contributed by atoms with Gasteiger partial charge in [-0.3, -0.25) is 22.6 Å². The number of hydrogen-bond donors (Lipinski definition) is 5. The number of benzene rings is 5. The number of rotatable bonds is 21. The van der Waals surface area contributed by atoms with E-state index >= 15 is 0 Å². The zero-order valence-electron chi connectivity index (χ0n) is 41.2. The van der Waals surface area contributed by atoms with Crippen molar-refractivity contribution in [2.24, 2.45) is 30.7 Å². The predicted molar refractivity (Wildman–Crippen MR) is 290 cm³/mol. The van der Waals surface area contributed by atoms with Crippen LogP contribution in [-0.4, -0.2) is 102 Å². The first-order chi connectivity index (χ1) is 36.7. The molecule has 8 rings (SSSR count). The van der Waals surface area contributed by atoms with Gasteiger partial charge in [0.2, 0.25) is 11.0 Å². The lowest BCUT2D eigenvalue weighted by Crippen LogP contribution is -2.08. The molecule has 31 heteroatoms. The van der Waals surface area contributed by atoms with Gasteiger partial charge in [-0.05, 0) is 99.4 Å². The minimum absolute atomic E-state index is 0.0142. The Hall–Kier alpha value is -7.12. The maximum absolute atomic E-state index is 12.7. The predicted octanol–water partition coefficient (Wildman–Crippen LogP) is 11.3. The lowest BCUT2D eigenvalue weighted by atomic mass is 10.1. The third-order valence-electron chi connectivity index (χ3n) is 11.5. The van der Waals surface area contributed by atoms with E-state index in [4.69, 9.17) is 9.47 Å². The van der Waals surface area contributed by atoms with E-state index in [1.807, 2.05) is 0 Å². The minimum Gasteiger partial charge on any atom is -0.493 e. The number of aromatic nitrogens is 3. The van der Waals surface area contributed by atoms with Gasteiger partial charge in [0, 0.05) is 33.4 Å². The molecule has 0 aliphatic rings. The van der Waals surface area contributed by atoms with Crippen LogP contribution in [0, 0.1) is 32.1 Å². The van der Waals surface area contributed by atoms with Crippen LogP contribution >= 0.6 is 23.1 Å². The Labute approximate surface area is 453 Å². The highest BCUT2D eigenvalue weighted by atomic mass is 32.2. The number of fused-ring (bicyclic) bond motifs is 6. The van der Waals surface area contributed by atoms with Gasteiger partial charge in [-0.15, -0.1) is 37.3 Å². The maximum Gasteiger partial charge on any atom is 0.296 e. The monoisotopic (exact) mass is 1180 g/mol. The van der Waals surface area contributed by atoms with E-state index in [1.165, 1.54) is 16.5 Å². The van der Waals surface area contributed by atoms with Gasteiger partial charge in [0.1, 0.15) is 39.2 Å². The van der Waals surface area contributed by atoms with Crippen molar-refractivity contribution in [1.82, 2.24) is 14.4 Å².